The lowest BCUT2D eigenvalue weighted by Gasteiger charge is -2.26. The third kappa shape index (κ3) is 4.45. The van der Waals surface area contributed by atoms with E-state index in [0.29, 0.717) is 28.3 Å². The summed E-state index contributed by atoms with van der Waals surface area (Å²) in [6.07, 6.45) is 3.62. The van der Waals surface area contributed by atoms with Crippen molar-refractivity contribution in [2.45, 2.75) is 23.8 Å². The molecule has 10 heteroatoms. The Labute approximate surface area is 213 Å². The van der Waals surface area contributed by atoms with E-state index in [1.807, 2.05) is 36.4 Å². The summed E-state index contributed by atoms with van der Waals surface area (Å²) < 4.78 is 39.3. The molecule has 4 heterocycles. The lowest BCUT2D eigenvalue weighted by atomic mass is 10.0. The maximum atomic E-state index is 13.9. The van der Waals surface area contributed by atoms with Crippen molar-refractivity contribution in [3.63, 3.8) is 0 Å². The Balaban J connectivity index is 1.38. The minimum atomic E-state index is -3.83. The van der Waals surface area contributed by atoms with E-state index in [1.54, 1.807) is 35.0 Å². The highest BCUT2D eigenvalue weighted by Crippen LogP contribution is 2.36. The van der Waals surface area contributed by atoms with Gasteiger partial charge in [-0.15, -0.1) is 5.10 Å². The van der Waals surface area contributed by atoms with Gasteiger partial charge in [0.1, 0.15) is 17.3 Å². The topological polar surface area (TPSA) is 106 Å². The van der Waals surface area contributed by atoms with Gasteiger partial charge in [0.05, 0.1) is 28.5 Å². The number of anilines is 1. The zero-order valence-corrected chi connectivity index (χ0v) is 20.5. The number of hydrogen-bond acceptors (Lipinski definition) is 6. The molecule has 1 atom stereocenters. The molecule has 0 radical (unpaired) electrons. The molecular weight excluding hydrogens is 491 g/mol. The number of nitrogens with two attached hydrogens (primary N) is 1. The molecule has 8 nitrogen and oxygen atoms in total. The predicted molar refractivity (Wildman–Crippen MR) is 139 cm³/mol. The van der Waals surface area contributed by atoms with Gasteiger partial charge in [0.2, 0.25) is 10.0 Å². The standard InChI is InChI=1S/C27H23FN6O2S/c28-20-7-1-6-19(15-20)24-11-4-14-33(24)27-13-12-26-30-17-25(34(26)32-27)23-10-3-9-22(31-23)18-5-2-8-21(16-18)37(29,35)36/h1-3,5-10,12-13,15-17,24H,4,11,14H2,(H2,29,35,36)/t24-/m1/s1. The van der Waals surface area contributed by atoms with Crippen LogP contribution in [0.1, 0.15) is 24.4 Å². The molecule has 0 bridgehead atoms. The first-order chi connectivity index (χ1) is 17.9. The molecule has 2 N–H and O–H groups in total. The van der Waals surface area contributed by atoms with Crippen molar-refractivity contribution in [2.75, 3.05) is 11.4 Å². The zero-order valence-electron chi connectivity index (χ0n) is 19.7. The van der Waals surface area contributed by atoms with Gasteiger partial charge < -0.3 is 4.90 Å². The van der Waals surface area contributed by atoms with Gasteiger partial charge in [0.25, 0.3) is 0 Å². The minimum absolute atomic E-state index is 0.0248. The molecule has 0 saturated carbocycles. The summed E-state index contributed by atoms with van der Waals surface area (Å²) in [5.74, 6) is 0.528. The summed E-state index contributed by atoms with van der Waals surface area (Å²) in [4.78, 5) is 11.5. The Morgan fingerprint density at radius 3 is 2.59 bits per heavy atom. The van der Waals surface area contributed by atoms with Crippen LogP contribution in [0.3, 0.4) is 0 Å². The summed E-state index contributed by atoms with van der Waals surface area (Å²) in [6, 6.07) is 22.5. The van der Waals surface area contributed by atoms with Crippen LogP contribution < -0.4 is 10.0 Å². The molecule has 1 aliphatic heterocycles. The van der Waals surface area contributed by atoms with Gasteiger partial charge in [-0.25, -0.2) is 32.4 Å². The minimum Gasteiger partial charge on any atom is -0.348 e. The van der Waals surface area contributed by atoms with Crippen LogP contribution in [0.4, 0.5) is 10.2 Å². The number of aromatic nitrogens is 4. The number of primary sulfonamides is 1. The van der Waals surface area contributed by atoms with E-state index in [2.05, 4.69) is 9.88 Å². The summed E-state index contributed by atoms with van der Waals surface area (Å²) in [5, 5.41) is 10.2. The lowest BCUT2D eigenvalue weighted by Crippen LogP contribution is -2.24. The van der Waals surface area contributed by atoms with Crippen molar-refractivity contribution in [2.24, 2.45) is 5.14 Å². The van der Waals surface area contributed by atoms with Crippen LogP contribution in [0.15, 0.2) is 90.0 Å². The molecule has 186 valence electrons. The molecule has 6 rings (SSSR count). The Bertz CT molecular complexity index is 1740. The number of hydrogen-bond donors (Lipinski definition) is 1. The summed E-state index contributed by atoms with van der Waals surface area (Å²) in [5.41, 5.74) is 4.16. The Hall–Kier alpha value is -4.15. The van der Waals surface area contributed by atoms with Gasteiger partial charge in [-0.3, -0.25) is 0 Å². The second-order valence-electron chi connectivity index (χ2n) is 8.99. The molecule has 37 heavy (non-hydrogen) atoms. The van der Waals surface area contributed by atoms with E-state index >= 15 is 0 Å². The highest BCUT2D eigenvalue weighted by atomic mass is 32.2. The average Bonchev–Trinajstić information content (AvgIpc) is 3.56. The molecule has 1 fully saturated rings. The lowest BCUT2D eigenvalue weighted by molar-refractivity contribution is 0.598. The zero-order chi connectivity index (χ0) is 25.6. The Morgan fingerprint density at radius 2 is 1.76 bits per heavy atom. The summed E-state index contributed by atoms with van der Waals surface area (Å²) in [7, 11) is -3.83. The average molecular weight is 515 g/mol. The molecule has 0 spiro atoms. The number of sulfonamides is 1. The van der Waals surface area contributed by atoms with Crippen LogP contribution in [0.5, 0.6) is 0 Å². The number of pyridine rings is 1. The first-order valence-electron chi connectivity index (χ1n) is 11.8. The van der Waals surface area contributed by atoms with Crippen LogP contribution >= 0.6 is 0 Å². The van der Waals surface area contributed by atoms with Crippen LogP contribution in [0.2, 0.25) is 0 Å². The van der Waals surface area contributed by atoms with Crippen molar-refractivity contribution in [3.8, 4) is 22.6 Å². The fourth-order valence-electron chi connectivity index (χ4n) is 4.86. The molecule has 0 unspecified atom stereocenters. The Kier molecular flexibility index (Phi) is 5.69. The Morgan fingerprint density at radius 1 is 0.946 bits per heavy atom. The molecule has 1 saturated heterocycles. The molecule has 5 aromatic rings. The smallest absolute Gasteiger partial charge is 0.238 e. The van der Waals surface area contributed by atoms with Crippen molar-refractivity contribution in [1.29, 1.82) is 0 Å². The van der Waals surface area contributed by atoms with Gasteiger partial charge in [-0.1, -0.05) is 30.3 Å². The van der Waals surface area contributed by atoms with E-state index in [1.165, 1.54) is 18.2 Å². The number of fused-ring (bicyclic) bond motifs is 1. The predicted octanol–water partition coefficient (Wildman–Crippen LogP) is 4.59. The highest BCUT2D eigenvalue weighted by molar-refractivity contribution is 7.89. The summed E-state index contributed by atoms with van der Waals surface area (Å²) in [6.45, 7) is 0.817. The quantitative estimate of drug-likeness (QED) is 0.368. The van der Waals surface area contributed by atoms with Gasteiger partial charge in [-0.2, -0.15) is 0 Å². The number of benzene rings is 2. The molecule has 2 aromatic carbocycles. The maximum Gasteiger partial charge on any atom is 0.238 e. The number of rotatable bonds is 5. The fraction of sp³-hybridized carbons (Fsp3) is 0.148. The maximum absolute atomic E-state index is 13.9. The number of imidazole rings is 1. The monoisotopic (exact) mass is 514 g/mol. The van der Waals surface area contributed by atoms with Gasteiger partial charge >= 0.3 is 0 Å². The second kappa shape index (κ2) is 9.06. The number of nitrogens with zero attached hydrogens (tertiary/aromatic N) is 5. The van der Waals surface area contributed by atoms with Crippen LogP contribution in [-0.2, 0) is 10.0 Å². The highest BCUT2D eigenvalue weighted by Gasteiger charge is 2.28. The van der Waals surface area contributed by atoms with Gasteiger partial charge in [0, 0.05) is 12.1 Å². The van der Waals surface area contributed by atoms with E-state index in [0.717, 1.165) is 30.8 Å². The van der Waals surface area contributed by atoms with Crippen LogP contribution in [0.25, 0.3) is 28.3 Å². The van der Waals surface area contributed by atoms with Crippen molar-refractivity contribution in [1.82, 2.24) is 19.6 Å². The van der Waals surface area contributed by atoms with Gasteiger partial charge in [-0.05, 0) is 66.9 Å². The van der Waals surface area contributed by atoms with Crippen molar-refractivity contribution in [3.05, 3.63) is 96.4 Å². The fourth-order valence-corrected chi connectivity index (χ4v) is 5.42. The molecule has 0 amide bonds. The first kappa shape index (κ1) is 23.3. The van der Waals surface area contributed by atoms with E-state index < -0.39 is 10.0 Å². The van der Waals surface area contributed by atoms with Gasteiger partial charge in [0.15, 0.2) is 5.65 Å². The summed E-state index contributed by atoms with van der Waals surface area (Å²) >= 11 is 0. The number of halogens is 1. The third-order valence-electron chi connectivity index (χ3n) is 6.60. The molecular formula is C27H23FN6O2S. The molecule has 1 aliphatic rings. The second-order valence-corrected chi connectivity index (χ2v) is 10.6. The van der Waals surface area contributed by atoms with E-state index in [9.17, 15) is 12.8 Å². The largest absolute Gasteiger partial charge is 0.348 e. The third-order valence-corrected chi connectivity index (χ3v) is 7.51. The van der Waals surface area contributed by atoms with Crippen LogP contribution in [0, 0.1) is 5.82 Å². The SMILES string of the molecule is NS(=O)(=O)c1cccc(-c2cccc(-c3cnc4ccc(N5CCC[C@@H]5c5cccc(F)c5)nn34)n2)c1. The molecule has 3 aromatic heterocycles. The first-order valence-corrected chi connectivity index (χ1v) is 13.4. The molecule has 0 aliphatic carbocycles. The van der Waals surface area contributed by atoms with E-state index in [-0.39, 0.29) is 16.8 Å². The van der Waals surface area contributed by atoms with Crippen LogP contribution in [-0.4, -0.2) is 34.5 Å². The van der Waals surface area contributed by atoms with Crippen molar-refractivity contribution >= 4 is 21.5 Å². The van der Waals surface area contributed by atoms with Crippen molar-refractivity contribution < 1.29 is 12.8 Å². The van der Waals surface area contributed by atoms with E-state index in [4.69, 9.17) is 15.2 Å². The normalized spacial score (nSPS) is 15.9.